The van der Waals surface area contributed by atoms with Crippen LogP contribution in [0.2, 0.25) is 0 Å². The van der Waals surface area contributed by atoms with Crippen molar-refractivity contribution in [1.82, 2.24) is 0 Å². The molecule has 28 heavy (non-hydrogen) atoms. The summed E-state index contributed by atoms with van der Waals surface area (Å²) in [6.45, 7) is 8.86. The highest BCUT2D eigenvalue weighted by Gasteiger charge is 2.25. The number of ether oxygens (including phenoxy) is 2. The Kier molecular flexibility index (Phi) is 24.1. The zero-order chi connectivity index (χ0) is 21.5. The van der Waals surface area contributed by atoms with E-state index in [1.807, 2.05) is 0 Å². The van der Waals surface area contributed by atoms with Gasteiger partial charge in [0.05, 0.1) is 39.6 Å². The third-order valence-corrected chi connectivity index (χ3v) is 4.60. The Bertz CT molecular complexity index is 351. The minimum absolute atomic E-state index is 0.272. The summed E-state index contributed by atoms with van der Waals surface area (Å²) in [5.41, 5.74) is 5.13. The molecule has 0 aromatic rings. The van der Waals surface area contributed by atoms with Gasteiger partial charge in [-0.1, -0.05) is 40.0 Å². The molecule has 9 nitrogen and oxygen atoms in total. The summed E-state index contributed by atoms with van der Waals surface area (Å²) < 4.78 is 37.6. The molecule has 3 N–H and O–H groups in total. The van der Waals surface area contributed by atoms with Crippen LogP contribution < -0.4 is 5.73 Å². The predicted octanol–water partition coefficient (Wildman–Crippen LogP) is 3.61. The molecule has 10 heteroatoms. The zero-order valence-corrected chi connectivity index (χ0v) is 18.6. The highest BCUT2D eigenvalue weighted by Crippen LogP contribution is 2.49. The van der Waals surface area contributed by atoms with Crippen molar-refractivity contribution in [3.8, 4) is 0 Å². The van der Waals surface area contributed by atoms with E-state index in [1.165, 1.54) is 0 Å². The molecule has 0 spiro atoms. The first-order valence-electron chi connectivity index (χ1n) is 10.1. The van der Waals surface area contributed by atoms with Crippen molar-refractivity contribution in [3.05, 3.63) is 0 Å². The van der Waals surface area contributed by atoms with E-state index in [0.29, 0.717) is 46.2 Å². The summed E-state index contributed by atoms with van der Waals surface area (Å²) >= 11 is 0. The fourth-order valence-corrected chi connectivity index (χ4v) is 2.82. The normalized spacial score (nSPS) is 11.1. The fourth-order valence-electron chi connectivity index (χ4n) is 1.54. The van der Waals surface area contributed by atoms with Crippen LogP contribution in [0, 0.1) is 0 Å². The molecule has 0 unspecified atom stereocenters. The first kappa shape index (κ1) is 29.7. The maximum atomic E-state index is 12.2. The third kappa shape index (κ3) is 23.5. The lowest BCUT2D eigenvalue weighted by Crippen LogP contribution is -2.14. The molecule has 0 heterocycles. The minimum Gasteiger partial charge on any atom is -0.480 e. The lowest BCUT2D eigenvalue weighted by atomic mass is 10.4. The summed E-state index contributed by atoms with van der Waals surface area (Å²) in [4.78, 5) is 9.90. The molecule has 0 aliphatic heterocycles. The number of carboxylic acid groups (broad SMARTS) is 1. The maximum absolute atomic E-state index is 12.2. The average Bonchev–Trinajstić information content (AvgIpc) is 2.66. The largest absolute Gasteiger partial charge is 0.480 e. The molecule has 0 aliphatic carbocycles. The first-order chi connectivity index (χ1) is 13.5. The molecule has 0 rings (SSSR count). The van der Waals surface area contributed by atoms with Crippen LogP contribution in [-0.4, -0.2) is 63.9 Å². The smallest absolute Gasteiger partial charge is 0.474 e. The van der Waals surface area contributed by atoms with Gasteiger partial charge >= 0.3 is 13.8 Å². The van der Waals surface area contributed by atoms with E-state index in [0.717, 1.165) is 38.5 Å². The monoisotopic (exact) mass is 429 g/mol. The van der Waals surface area contributed by atoms with Crippen LogP contribution in [0.15, 0.2) is 0 Å². The maximum Gasteiger partial charge on any atom is 0.474 e. The van der Waals surface area contributed by atoms with E-state index in [-0.39, 0.29) is 6.61 Å². The summed E-state index contributed by atoms with van der Waals surface area (Å²) in [6, 6.07) is 0. The van der Waals surface area contributed by atoms with Gasteiger partial charge in [-0.05, 0) is 19.3 Å². The van der Waals surface area contributed by atoms with Gasteiger partial charge in [-0.2, -0.15) is 0 Å². The molecule has 0 aliphatic rings. The standard InChI is InChI=1S/C12H27O4P.C6H13NO4/c1-4-7-10-14-17(13,15-11-8-5-2)16-12-9-6-3;7-1-2-10-3-4-11-5-6(8)9/h4-12H2,1-3H3;1-5,7H2,(H,8,9). The number of hydrogen-bond donors (Lipinski definition) is 2. The molecule has 0 saturated carbocycles. The van der Waals surface area contributed by atoms with Crippen molar-refractivity contribution in [2.75, 3.05) is 52.8 Å². The van der Waals surface area contributed by atoms with Gasteiger partial charge in [0, 0.05) is 6.54 Å². The van der Waals surface area contributed by atoms with E-state index < -0.39 is 13.8 Å². The van der Waals surface area contributed by atoms with Crippen molar-refractivity contribution in [2.45, 2.75) is 59.3 Å². The number of aliphatic carboxylic acids is 1. The number of unbranched alkanes of at least 4 members (excludes halogenated alkanes) is 3. The van der Waals surface area contributed by atoms with Gasteiger partial charge in [-0.25, -0.2) is 9.36 Å². The van der Waals surface area contributed by atoms with Crippen LogP contribution in [0.4, 0.5) is 0 Å². The Morgan fingerprint density at radius 3 is 1.57 bits per heavy atom. The second kappa shape index (κ2) is 22.7. The van der Waals surface area contributed by atoms with Crippen molar-refractivity contribution in [1.29, 1.82) is 0 Å². The molecule has 170 valence electrons. The Morgan fingerprint density at radius 1 is 0.786 bits per heavy atom. The Labute approximate surface area is 169 Å². The van der Waals surface area contributed by atoms with Crippen LogP contribution in [-0.2, 0) is 32.4 Å². The molecule has 0 saturated heterocycles. The number of carboxylic acids is 1. The number of nitrogens with two attached hydrogens (primary N) is 1. The van der Waals surface area contributed by atoms with E-state index in [1.54, 1.807) is 0 Å². The van der Waals surface area contributed by atoms with Gasteiger partial charge in [-0.15, -0.1) is 0 Å². The highest BCUT2D eigenvalue weighted by molar-refractivity contribution is 7.48. The van der Waals surface area contributed by atoms with Crippen molar-refractivity contribution < 1.29 is 37.5 Å². The SMILES string of the molecule is CCCCOP(=O)(OCCCC)OCCCC.NCCOCCOCC(=O)O. The van der Waals surface area contributed by atoms with Gasteiger partial charge in [0.15, 0.2) is 0 Å². The summed E-state index contributed by atoms with van der Waals surface area (Å²) in [5.74, 6) is -0.969. The lowest BCUT2D eigenvalue weighted by Gasteiger charge is -2.17. The number of hydrogen-bond acceptors (Lipinski definition) is 8. The molecule has 0 aromatic carbocycles. The van der Waals surface area contributed by atoms with Crippen LogP contribution >= 0.6 is 7.82 Å². The second-order valence-electron chi connectivity index (χ2n) is 5.85. The van der Waals surface area contributed by atoms with Crippen molar-refractivity contribution >= 4 is 13.8 Å². The van der Waals surface area contributed by atoms with Crippen molar-refractivity contribution in [2.24, 2.45) is 5.73 Å². The molecular weight excluding hydrogens is 389 g/mol. The van der Waals surface area contributed by atoms with Crippen LogP contribution in [0.5, 0.6) is 0 Å². The summed E-state index contributed by atoms with van der Waals surface area (Å²) in [6.07, 6.45) is 5.63. The van der Waals surface area contributed by atoms with E-state index in [9.17, 15) is 9.36 Å². The average molecular weight is 429 g/mol. The number of carbonyl (C=O) groups is 1. The van der Waals surface area contributed by atoms with Crippen LogP contribution in [0.1, 0.15) is 59.3 Å². The van der Waals surface area contributed by atoms with Gasteiger partial charge in [0.25, 0.3) is 0 Å². The number of rotatable bonds is 19. The quantitative estimate of drug-likeness (QED) is 0.234. The summed E-state index contributed by atoms with van der Waals surface area (Å²) in [5, 5.41) is 8.13. The van der Waals surface area contributed by atoms with E-state index in [2.05, 4.69) is 25.5 Å². The van der Waals surface area contributed by atoms with E-state index >= 15 is 0 Å². The number of phosphoric acid groups is 1. The van der Waals surface area contributed by atoms with Gasteiger partial charge in [0.1, 0.15) is 6.61 Å². The minimum atomic E-state index is -3.31. The molecule has 0 radical (unpaired) electrons. The highest BCUT2D eigenvalue weighted by atomic mass is 31.2. The van der Waals surface area contributed by atoms with Crippen LogP contribution in [0.25, 0.3) is 0 Å². The van der Waals surface area contributed by atoms with Gasteiger partial charge < -0.3 is 20.3 Å². The molecule has 0 aromatic heterocycles. The Morgan fingerprint density at radius 2 is 1.21 bits per heavy atom. The topological polar surface area (TPSA) is 127 Å². The Balaban J connectivity index is 0. The van der Waals surface area contributed by atoms with Crippen molar-refractivity contribution in [3.63, 3.8) is 0 Å². The molecule has 0 atom stereocenters. The molecule has 0 amide bonds. The zero-order valence-electron chi connectivity index (χ0n) is 17.7. The van der Waals surface area contributed by atoms with Gasteiger partial charge in [0.2, 0.25) is 0 Å². The Hall–Kier alpha value is -0.540. The molecule has 0 bridgehead atoms. The third-order valence-electron chi connectivity index (χ3n) is 3.10. The lowest BCUT2D eigenvalue weighted by molar-refractivity contribution is -0.142. The fraction of sp³-hybridized carbons (Fsp3) is 0.944. The molecule has 0 fully saturated rings. The molecular formula is C18H40NO8P. The second-order valence-corrected chi connectivity index (χ2v) is 7.52. The number of phosphoric ester groups is 1. The first-order valence-corrected chi connectivity index (χ1v) is 11.5. The summed E-state index contributed by atoms with van der Waals surface area (Å²) in [7, 11) is -3.31. The van der Waals surface area contributed by atoms with Gasteiger partial charge in [-0.3, -0.25) is 13.6 Å². The van der Waals surface area contributed by atoms with E-state index in [4.69, 9.17) is 29.1 Å². The van der Waals surface area contributed by atoms with Crippen LogP contribution in [0.3, 0.4) is 0 Å². The predicted molar refractivity (Wildman–Crippen MR) is 109 cm³/mol.